The van der Waals surface area contributed by atoms with Gasteiger partial charge in [-0.15, -0.1) is 0 Å². The lowest BCUT2D eigenvalue weighted by molar-refractivity contribution is 0.0916. The van der Waals surface area contributed by atoms with E-state index in [1.165, 1.54) is 0 Å². The number of rotatable bonds is 5. The molecule has 30 heavy (non-hydrogen) atoms. The van der Waals surface area contributed by atoms with Gasteiger partial charge in [-0.1, -0.05) is 18.2 Å². The maximum Gasteiger partial charge on any atom is 0.266 e. The quantitative estimate of drug-likeness (QED) is 0.662. The number of aryl methyl sites for hydroxylation is 1. The Labute approximate surface area is 174 Å². The molecule has 1 N–H and O–H groups in total. The predicted molar refractivity (Wildman–Crippen MR) is 113 cm³/mol. The number of benzene rings is 2. The molecule has 0 saturated carbocycles. The third-order valence-corrected chi connectivity index (χ3v) is 5.42. The molecule has 152 valence electrons. The van der Waals surface area contributed by atoms with Crippen molar-refractivity contribution in [3.8, 4) is 0 Å². The summed E-state index contributed by atoms with van der Waals surface area (Å²) in [6.07, 6.45) is 1.76. The molecular weight excluding hydrogens is 380 g/mol. The van der Waals surface area contributed by atoms with Crippen LogP contribution in [0.15, 0.2) is 54.7 Å². The molecule has 0 fully saturated rings. The van der Waals surface area contributed by atoms with Gasteiger partial charge in [-0.25, -0.2) is 4.90 Å². The third kappa shape index (κ3) is 3.18. The first-order valence-electron chi connectivity index (χ1n) is 9.83. The van der Waals surface area contributed by atoms with Crippen molar-refractivity contribution in [1.29, 1.82) is 0 Å². The van der Waals surface area contributed by atoms with Crippen LogP contribution in [0.25, 0.3) is 0 Å². The molecule has 7 heteroatoms. The molecule has 7 nitrogen and oxygen atoms in total. The van der Waals surface area contributed by atoms with Gasteiger partial charge in [-0.3, -0.25) is 19.1 Å². The zero-order valence-corrected chi connectivity index (χ0v) is 17.0. The van der Waals surface area contributed by atoms with Crippen molar-refractivity contribution in [1.82, 2.24) is 15.1 Å². The van der Waals surface area contributed by atoms with Gasteiger partial charge in [0.15, 0.2) is 0 Å². The summed E-state index contributed by atoms with van der Waals surface area (Å²) >= 11 is 0. The summed E-state index contributed by atoms with van der Waals surface area (Å²) in [5.74, 6) is -1.06. The molecular formula is C23H22N4O3. The Morgan fingerprint density at radius 2 is 1.73 bits per heavy atom. The van der Waals surface area contributed by atoms with Crippen molar-refractivity contribution in [3.63, 3.8) is 0 Å². The Morgan fingerprint density at radius 1 is 1.07 bits per heavy atom. The van der Waals surface area contributed by atoms with E-state index >= 15 is 0 Å². The van der Waals surface area contributed by atoms with E-state index in [9.17, 15) is 14.4 Å². The van der Waals surface area contributed by atoms with Crippen LogP contribution in [-0.4, -0.2) is 27.5 Å². The number of amides is 3. The topological polar surface area (TPSA) is 84.3 Å². The third-order valence-electron chi connectivity index (χ3n) is 5.42. The molecule has 3 aromatic rings. The van der Waals surface area contributed by atoms with Crippen molar-refractivity contribution in [3.05, 3.63) is 82.7 Å². The summed E-state index contributed by atoms with van der Waals surface area (Å²) in [5.41, 5.74) is 3.43. The molecule has 1 aliphatic rings. The van der Waals surface area contributed by atoms with Gasteiger partial charge in [0.1, 0.15) is 0 Å². The number of anilines is 1. The molecule has 1 aromatic heterocycles. The molecule has 2 heterocycles. The van der Waals surface area contributed by atoms with Gasteiger partial charge in [0.05, 0.1) is 29.1 Å². The zero-order valence-electron chi connectivity index (χ0n) is 17.0. The molecule has 1 unspecified atom stereocenters. The monoisotopic (exact) mass is 402 g/mol. The lowest BCUT2D eigenvalue weighted by Crippen LogP contribution is -2.30. The Hall–Kier alpha value is -3.74. The first-order valence-corrected chi connectivity index (χ1v) is 9.83. The number of aromatic nitrogens is 2. The maximum absolute atomic E-state index is 12.8. The number of fused-ring (bicyclic) bond motifs is 1. The second-order valence-corrected chi connectivity index (χ2v) is 7.24. The van der Waals surface area contributed by atoms with Gasteiger partial charge in [-0.05, 0) is 51.1 Å². The van der Waals surface area contributed by atoms with Crippen LogP contribution in [0.3, 0.4) is 0 Å². The highest BCUT2D eigenvalue weighted by Crippen LogP contribution is 2.29. The van der Waals surface area contributed by atoms with E-state index in [4.69, 9.17) is 0 Å². The molecule has 0 aliphatic carbocycles. The van der Waals surface area contributed by atoms with Gasteiger partial charge in [0.2, 0.25) is 0 Å². The summed E-state index contributed by atoms with van der Waals surface area (Å²) in [7, 11) is 0. The summed E-state index contributed by atoms with van der Waals surface area (Å²) in [5, 5.41) is 7.29. The van der Waals surface area contributed by atoms with Crippen LogP contribution in [0.2, 0.25) is 0 Å². The lowest BCUT2D eigenvalue weighted by Gasteiger charge is -2.17. The minimum Gasteiger partial charge on any atom is -0.345 e. The van der Waals surface area contributed by atoms with Crippen LogP contribution in [0.1, 0.15) is 62.2 Å². The smallest absolute Gasteiger partial charge is 0.266 e. The highest BCUT2D eigenvalue weighted by molar-refractivity contribution is 6.34. The van der Waals surface area contributed by atoms with E-state index < -0.39 is 0 Å². The number of carbonyl (C=O) groups excluding carboxylic acids is 3. The molecule has 2 aromatic carbocycles. The first kappa shape index (κ1) is 19.6. The minimum absolute atomic E-state index is 0.235. The van der Waals surface area contributed by atoms with Crippen molar-refractivity contribution >= 4 is 23.4 Å². The van der Waals surface area contributed by atoms with Crippen LogP contribution in [0.5, 0.6) is 0 Å². The number of hydrogen-bond donors (Lipinski definition) is 1. The van der Waals surface area contributed by atoms with Crippen LogP contribution in [0.4, 0.5) is 5.69 Å². The second kappa shape index (κ2) is 7.59. The average Bonchev–Trinajstić information content (AvgIpc) is 3.25. The number of imide groups is 1. The minimum atomic E-state index is -0.385. The van der Waals surface area contributed by atoms with Crippen molar-refractivity contribution in [2.24, 2.45) is 0 Å². The van der Waals surface area contributed by atoms with Gasteiger partial charge in [-0.2, -0.15) is 5.10 Å². The molecule has 1 aliphatic heterocycles. The number of hydrogen-bond acceptors (Lipinski definition) is 4. The lowest BCUT2D eigenvalue weighted by atomic mass is 10.1. The largest absolute Gasteiger partial charge is 0.345 e. The second-order valence-electron chi connectivity index (χ2n) is 7.24. The summed E-state index contributed by atoms with van der Waals surface area (Å²) in [4.78, 5) is 39.4. The van der Waals surface area contributed by atoms with Gasteiger partial charge >= 0.3 is 0 Å². The number of nitrogens with one attached hydrogen (secondary N) is 1. The van der Waals surface area contributed by atoms with Crippen LogP contribution >= 0.6 is 0 Å². The van der Waals surface area contributed by atoms with Gasteiger partial charge < -0.3 is 5.32 Å². The maximum atomic E-state index is 12.8. The highest BCUT2D eigenvalue weighted by atomic mass is 16.2. The first-order chi connectivity index (χ1) is 14.4. The number of carbonyl (C=O) groups is 3. The van der Waals surface area contributed by atoms with Crippen molar-refractivity contribution in [2.45, 2.75) is 33.4 Å². The fourth-order valence-corrected chi connectivity index (χ4v) is 3.77. The van der Waals surface area contributed by atoms with Crippen molar-refractivity contribution < 1.29 is 14.4 Å². The van der Waals surface area contributed by atoms with Crippen LogP contribution < -0.4 is 10.2 Å². The van der Waals surface area contributed by atoms with E-state index in [1.807, 2.05) is 25.5 Å². The van der Waals surface area contributed by atoms with E-state index in [2.05, 4.69) is 10.4 Å². The van der Waals surface area contributed by atoms with E-state index in [0.717, 1.165) is 22.7 Å². The fraction of sp³-hybridized carbons (Fsp3) is 0.217. The Morgan fingerprint density at radius 3 is 2.33 bits per heavy atom. The van der Waals surface area contributed by atoms with Crippen LogP contribution in [0, 0.1) is 6.92 Å². The standard InChI is InChI=1S/C23H22N4O3/c1-4-26-15(3)20(13-24-26)14(2)25-21(28)16-8-7-9-17(12-16)27-22(29)18-10-5-6-11-19(18)23(27)30/h5-14H,4H2,1-3H3,(H,25,28). The van der Waals surface area contributed by atoms with E-state index in [1.54, 1.807) is 54.7 Å². The molecule has 0 radical (unpaired) electrons. The Balaban J connectivity index is 1.56. The number of nitrogens with zero attached hydrogens (tertiary/aromatic N) is 3. The SMILES string of the molecule is CCn1ncc(C(C)NC(=O)c2cccc(N3C(=O)c4ccccc4C3=O)c2)c1C. The van der Waals surface area contributed by atoms with Gasteiger partial charge in [0, 0.05) is 23.4 Å². The summed E-state index contributed by atoms with van der Waals surface area (Å²) in [6, 6.07) is 13.0. The molecule has 3 amide bonds. The van der Waals surface area contributed by atoms with Gasteiger partial charge in [0.25, 0.3) is 17.7 Å². The zero-order chi connectivity index (χ0) is 21.4. The Bertz CT molecular complexity index is 1130. The predicted octanol–water partition coefficient (Wildman–Crippen LogP) is 3.50. The normalized spacial score (nSPS) is 14.0. The highest BCUT2D eigenvalue weighted by Gasteiger charge is 2.36. The van der Waals surface area contributed by atoms with E-state index in [-0.39, 0.29) is 23.8 Å². The Kier molecular flexibility index (Phi) is 4.95. The van der Waals surface area contributed by atoms with E-state index in [0.29, 0.717) is 22.4 Å². The molecule has 1 atom stereocenters. The summed E-state index contributed by atoms with van der Waals surface area (Å²) < 4.78 is 1.88. The van der Waals surface area contributed by atoms with Crippen LogP contribution in [-0.2, 0) is 6.54 Å². The fourth-order valence-electron chi connectivity index (χ4n) is 3.77. The molecule has 0 bridgehead atoms. The molecule has 0 spiro atoms. The molecule has 4 rings (SSSR count). The average molecular weight is 402 g/mol. The van der Waals surface area contributed by atoms with Crippen molar-refractivity contribution in [2.75, 3.05) is 4.90 Å². The summed E-state index contributed by atoms with van der Waals surface area (Å²) in [6.45, 7) is 6.64. The molecule has 0 saturated heterocycles.